The topological polar surface area (TPSA) is 101 Å². The molecular weight excluding hydrogens is 296 g/mol. The van der Waals surface area contributed by atoms with E-state index in [9.17, 15) is 18.5 Å². The van der Waals surface area contributed by atoms with Gasteiger partial charge in [0.15, 0.2) is 0 Å². The van der Waals surface area contributed by atoms with Crippen molar-refractivity contribution in [3.63, 3.8) is 0 Å². The highest BCUT2D eigenvalue weighted by Gasteiger charge is 2.39. The van der Waals surface area contributed by atoms with E-state index in [2.05, 4.69) is 0 Å². The number of hydrogen-bond donors (Lipinski definition) is 1. The van der Waals surface area contributed by atoms with Crippen molar-refractivity contribution in [1.82, 2.24) is 4.31 Å². The van der Waals surface area contributed by atoms with Gasteiger partial charge in [0.05, 0.1) is 16.4 Å². The summed E-state index contributed by atoms with van der Waals surface area (Å²) >= 11 is 0. The molecule has 0 bridgehead atoms. The molecule has 2 rings (SSSR count). The Morgan fingerprint density at radius 1 is 1.38 bits per heavy atom. The normalized spacial score (nSPS) is 15.4. The number of hydrogen-bond acceptors (Lipinski definition) is 5. The molecule has 116 valence electrons. The SMILES string of the molecule is Cc1cc([N+](=O)[O-])cc(S(=O)(=O)N(CCO)C2CC2)c1C. The van der Waals surface area contributed by atoms with E-state index in [0.717, 1.165) is 18.9 Å². The molecule has 0 unspecified atom stereocenters. The third-order valence-corrected chi connectivity index (χ3v) is 5.75. The first-order valence-electron chi connectivity index (χ1n) is 6.67. The zero-order valence-corrected chi connectivity index (χ0v) is 12.8. The van der Waals surface area contributed by atoms with Gasteiger partial charge in [0, 0.05) is 24.7 Å². The summed E-state index contributed by atoms with van der Waals surface area (Å²) in [7, 11) is -3.84. The number of aliphatic hydroxyl groups excluding tert-OH is 1. The second kappa shape index (κ2) is 5.70. The van der Waals surface area contributed by atoms with Crippen LogP contribution in [0.3, 0.4) is 0 Å². The lowest BCUT2D eigenvalue weighted by atomic mass is 10.1. The number of nitro groups is 1. The summed E-state index contributed by atoms with van der Waals surface area (Å²) in [4.78, 5) is 10.3. The van der Waals surface area contributed by atoms with E-state index in [4.69, 9.17) is 5.11 Å². The fraction of sp³-hybridized carbons (Fsp3) is 0.538. The van der Waals surface area contributed by atoms with Gasteiger partial charge in [0.1, 0.15) is 0 Å². The summed E-state index contributed by atoms with van der Waals surface area (Å²) in [6, 6.07) is 2.35. The highest BCUT2D eigenvalue weighted by molar-refractivity contribution is 7.89. The van der Waals surface area contributed by atoms with Crippen LogP contribution in [0.4, 0.5) is 5.69 Å². The second-order valence-corrected chi connectivity index (χ2v) is 7.07. The highest BCUT2D eigenvalue weighted by Crippen LogP contribution is 2.34. The number of sulfonamides is 1. The van der Waals surface area contributed by atoms with Crippen molar-refractivity contribution in [1.29, 1.82) is 0 Å². The molecule has 7 nitrogen and oxygen atoms in total. The lowest BCUT2D eigenvalue weighted by Crippen LogP contribution is -2.36. The zero-order chi connectivity index (χ0) is 15.8. The van der Waals surface area contributed by atoms with Gasteiger partial charge in [-0.3, -0.25) is 10.1 Å². The van der Waals surface area contributed by atoms with Crippen molar-refractivity contribution in [3.05, 3.63) is 33.4 Å². The van der Waals surface area contributed by atoms with Gasteiger partial charge in [0.2, 0.25) is 10.0 Å². The van der Waals surface area contributed by atoms with Crippen LogP contribution in [0.2, 0.25) is 0 Å². The van der Waals surface area contributed by atoms with Crippen LogP contribution in [0.25, 0.3) is 0 Å². The Morgan fingerprint density at radius 2 is 2.00 bits per heavy atom. The Kier molecular flexibility index (Phi) is 4.31. The van der Waals surface area contributed by atoms with Gasteiger partial charge in [-0.25, -0.2) is 8.42 Å². The molecular formula is C13H18N2O5S. The van der Waals surface area contributed by atoms with E-state index in [1.54, 1.807) is 13.8 Å². The predicted molar refractivity (Wildman–Crippen MR) is 76.6 cm³/mol. The summed E-state index contributed by atoms with van der Waals surface area (Å²) in [5, 5.41) is 20.0. The smallest absolute Gasteiger partial charge is 0.271 e. The van der Waals surface area contributed by atoms with Crippen LogP contribution < -0.4 is 0 Å². The number of non-ortho nitro benzene ring substituents is 1. The average molecular weight is 314 g/mol. The monoisotopic (exact) mass is 314 g/mol. The lowest BCUT2D eigenvalue weighted by Gasteiger charge is -2.22. The Bertz CT molecular complexity index is 667. The first-order valence-corrected chi connectivity index (χ1v) is 8.11. The molecule has 1 aromatic rings. The van der Waals surface area contributed by atoms with Crippen LogP contribution in [-0.4, -0.2) is 41.9 Å². The van der Waals surface area contributed by atoms with Crippen molar-refractivity contribution in [3.8, 4) is 0 Å². The van der Waals surface area contributed by atoms with E-state index in [1.807, 2.05) is 0 Å². The van der Waals surface area contributed by atoms with E-state index >= 15 is 0 Å². The quantitative estimate of drug-likeness (QED) is 0.631. The first kappa shape index (κ1) is 15.9. The van der Waals surface area contributed by atoms with E-state index in [1.165, 1.54) is 10.4 Å². The molecule has 0 radical (unpaired) electrons. The minimum Gasteiger partial charge on any atom is -0.395 e. The Balaban J connectivity index is 2.55. The van der Waals surface area contributed by atoms with Crippen LogP contribution in [0.1, 0.15) is 24.0 Å². The number of nitro benzene ring substituents is 1. The van der Waals surface area contributed by atoms with Gasteiger partial charge in [0.25, 0.3) is 5.69 Å². The molecule has 0 aliphatic heterocycles. The maximum atomic E-state index is 12.7. The lowest BCUT2D eigenvalue weighted by molar-refractivity contribution is -0.385. The molecule has 21 heavy (non-hydrogen) atoms. The maximum Gasteiger partial charge on any atom is 0.271 e. The molecule has 0 heterocycles. The van der Waals surface area contributed by atoms with Crippen LogP contribution in [-0.2, 0) is 10.0 Å². The fourth-order valence-corrected chi connectivity index (χ4v) is 4.26. The van der Waals surface area contributed by atoms with Crippen molar-refractivity contribution >= 4 is 15.7 Å². The molecule has 1 saturated carbocycles. The number of rotatable bonds is 6. The molecule has 1 aliphatic rings. The van der Waals surface area contributed by atoms with E-state index < -0.39 is 14.9 Å². The Labute approximate surface area is 123 Å². The highest BCUT2D eigenvalue weighted by atomic mass is 32.2. The van der Waals surface area contributed by atoms with Crippen LogP contribution in [0, 0.1) is 24.0 Å². The summed E-state index contributed by atoms with van der Waals surface area (Å²) in [5.74, 6) is 0. The minimum atomic E-state index is -3.84. The van der Waals surface area contributed by atoms with Gasteiger partial charge in [-0.1, -0.05) is 0 Å². The molecule has 0 amide bonds. The molecule has 1 aliphatic carbocycles. The standard InChI is InChI=1S/C13H18N2O5S/c1-9-7-12(15(17)18)8-13(10(9)2)21(19,20)14(5-6-16)11-3-4-11/h7-8,11,16H,3-6H2,1-2H3. The number of aryl methyl sites for hydroxylation is 1. The zero-order valence-electron chi connectivity index (χ0n) is 11.9. The molecule has 1 fully saturated rings. The van der Waals surface area contributed by atoms with Crippen molar-refractivity contribution in [2.45, 2.75) is 37.6 Å². The summed E-state index contributed by atoms with van der Waals surface area (Å²) < 4.78 is 26.7. The molecule has 0 atom stereocenters. The van der Waals surface area contributed by atoms with Crippen molar-refractivity contribution in [2.75, 3.05) is 13.2 Å². The van der Waals surface area contributed by atoms with Crippen LogP contribution in [0.15, 0.2) is 17.0 Å². The van der Waals surface area contributed by atoms with Crippen LogP contribution in [0.5, 0.6) is 0 Å². The second-order valence-electron chi connectivity index (χ2n) is 5.21. The molecule has 0 aromatic heterocycles. The fourth-order valence-electron chi connectivity index (χ4n) is 2.27. The number of nitrogens with zero attached hydrogens (tertiary/aromatic N) is 2. The molecule has 0 saturated heterocycles. The van der Waals surface area contributed by atoms with E-state index in [-0.39, 0.29) is 29.8 Å². The largest absolute Gasteiger partial charge is 0.395 e. The molecule has 1 aromatic carbocycles. The summed E-state index contributed by atoms with van der Waals surface area (Å²) in [6.45, 7) is 3.02. The Morgan fingerprint density at radius 3 is 2.48 bits per heavy atom. The van der Waals surface area contributed by atoms with Crippen LogP contribution >= 0.6 is 0 Å². The number of aliphatic hydroxyl groups is 1. The molecule has 0 spiro atoms. The predicted octanol–water partition coefficient (Wildman–Crippen LogP) is 1.36. The molecule has 8 heteroatoms. The summed E-state index contributed by atoms with van der Waals surface area (Å²) in [6.07, 6.45) is 1.51. The van der Waals surface area contributed by atoms with Gasteiger partial charge >= 0.3 is 0 Å². The summed E-state index contributed by atoms with van der Waals surface area (Å²) in [5.41, 5.74) is 0.822. The number of benzene rings is 1. The van der Waals surface area contributed by atoms with E-state index in [0.29, 0.717) is 11.1 Å². The third kappa shape index (κ3) is 3.07. The minimum absolute atomic E-state index is 0.00811. The van der Waals surface area contributed by atoms with Gasteiger partial charge in [-0.05, 0) is 37.8 Å². The Hall–Kier alpha value is -1.51. The first-order chi connectivity index (χ1) is 9.78. The van der Waals surface area contributed by atoms with Crippen molar-refractivity contribution in [2.24, 2.45) is 0 Å². The van der Waals surface area contributed by atoms with Crippen molar-refractivity contribution < 1.29 is 18.4 Å². The maximum absolute atomic E-state index is 12.7. The van der Waals surface area contributed by atoms with Gasteiger partial charge in [-0.15, -0.1) is 0 Å². The van der Waals surface area contributed by atoms with Gasteiger partial charge < -0.3 is 5.11 Å². The third-order valence-electron chi connectivity index (χ3n) is 3.68. The van der Waals surface area contributed by atoms with Gasteiger partial charge in [-0.2, -0.15) is 4.31 Å². The molecule has 1 N–H and O–H groups in total. The average Bonchev–Trinajstić information content (AvgIpc) is 3.22.